The van der Waals surface area contributed by atoms with Crippen LogP contribution in [0, 0.1) is 0 Å². The maximum atomic E-state index is 11.5. The molecule has 0 N–H and O–H groups in total. The molecular weight excluding hydrogens is 791 g/mol. The first-order valence-electron chi connectivity index (χ1n) is 18.1. The summed E-state index contributed by atoms with van der Waals surface area (Å²) < 4.78 is 93.5. The molecule has 16 heteroatoms. The minimum Gasteiger partial charge on any atom is -0.748 e. The average molecular weight is 841 g/mol. The van der Waals surface area contributed by atoms with E-state index in [4.69, 9.17) is 30.5 Å². The van der Waals surface area contributed by atoms with Crippen molar-refractivity contribution in [3.8, 4) is 23.0 Å². The molecule has 3 aliphatic rings. The van der Waals surface area contributed by atoms with Gasteiger partial charge in [0, 0.05) is 64.0 Å². The molecule has 0 atom stereocenters. The predicted molar refractivity (Wildman–Crippen MR) is 213 cm³/mol. The first kappa shape index (κ1) is 45.9. The van der Waals surface area contributed by atoms with E-state index in [1.165, 1.54) is 0 Å². The van der Waals surface area contributed by atoms with Gasteiger partial charge in [-0.1, -0.05) is 37.6 Å². The van der Waals surface area contributed by atoms with Gasteiger partial charge in [0.05, 0.1) is 60.2 Å². The number of hydrogen-bond acceptors (Lipinski definition) is 11. The van der Waals surface area contributed by atoms with E-state index in [0.29, 0.717) is 41.1 Å². The maximum absolute atomic E-state index is 11.5. The molecule has 0 unspecified atom stereocenters. The molecule has 12 nitrogen and oxygen atoms in total. The zero-order chi connectivity index (χ0) is 40.5. The van der Waals surface area contributed by atoms with Gasteiger partial charge in [-0.2, -0.15) is 4.58 Å². The van der Waals surface area contributed by atoms with Crippen molar-refractivity contribution in [3.05, 3.63) is 81.6 Å². The van der Waals surface area contributed by atoms with Crippen LogP contribution in [0.3, 0.4) is 0 Å². The monoisotopic (exact) mass is 840 g/mol. The quantitative estimate of drug-likeness (QED) is 0.146. The Balaban J connectivity index is 0.00000696. The fourth-order valence-electron chi connectivity index (χ4n) is 7.84. The molecule has 0 amide bonds. The molecule has 56 heavy (non-hydrogen) atoms. The van der Waals surface area contributed by atoms with E-state index in [1.807, 2.05) is 58.0 Å². The Bertz CT molecular complexity index is 2230. The summed E-state index contributed by atoms with van der Waals surface area (Å²) in [6.07, 6.45) is 10.7. The summed E-state index contributed by atoms with van der Waals surface area (Å²) in [7, 11) is -2.53. The van der Waals surface area contributed by atoms with Gasteiger partial charge in [-0.25, -0.2) is 16.8 Å². The van der Waals surface area contributed by atoms with Gasteiger partial charge >= 0.3 is 29.6 Å². The molecule has 0 bridgehead atoms. The van der Waals surface area contributed by atoms with Crippen molar-refractivity contribution in [2.75, 3.05) is 57.9 Å². The number of fused-ring (bicyclic) bond motifs is 2. The van der Waals surface area contributed by atoms with Crippen LogP contribution in [-0.4, -0.2) is 89.3 Å². The standard InChI is InChI=1S/C40H51ClN2O10S2.Na/c1-39(2)28-22-32(50-5)34(52-7)24-30(28)42(18-10-20-54(44,45)46)36(39)16-14-26-12-9-13-27(38(26)41)15-17-37-40(3,4)29-23-33(51-6)35(53-8)25-31(29)43(37)19-11-21-55(47,48)49;/h14-17,22-25H,9-13,18-21H2,1-8H3,(H-,44,45,46,47,48,49);/q;+1/p-1. The first-order valence-corrected chi connectivity index (χ1v) is 21.6. The molecule has 0 saturated heterocycles. The molecule has 0 fully saturated rings. The van der Waals surface area contributed by atoms with Gasteiger partial charge in [0.15, 0.2) is 28.7 Å². The fraction of sp³-hybridized carbons (Fsp3) is 0.475. The minimum absolute atomic E-state index is 0. The molecule has 2 aliphatic heterocycles. The third-order valence-corrected chi connectivity index (χ3v) is 12.8. The smallest absolute Gasteiger partial charge is 0.748 e. The van der Waals surface area contributed by atoms with Gasteiger partial charge in [0.2, 0.25) is 5.69 Å². The Morgan fingerprint density at radius 3 is 1.91 bits per heavy atom. The molecule has 0 spiro atoms. The Morgan fingerprint density at radius 2 is 1.32 bits per heavy atom. The van der Waals surface area contributed by atoms with Crippen LogP contribution in [0.4, 0.5) is 11.4 Å². The Labute approximate surface area is 358 Å². The summed E-state index contributed by atoms with van der Waals surface area (Å²) in [5.41, 5.74) is 6.28. The molecule has 2 aromatic carbocycles. The zero-order valence-corrected chi connectivity index (χ0v) is 38.0. The van der Waals surface area contributed by atoms with Crippen LogP contribution in [-0.2, 0) is 31.1 Å². The third-order valence-electron chi connectivity index (χ3n) is 10.7. The number of nitrogens with zero attached hydrogens (tertiary/aromatic N) is 2. The van der Waals surface area contributed by atoms with Crippen molar-refractivity contribution < 1.29 is 79.0 Å². The fourth-order valence-corrected chi connectivity index (χ4v) is 9.12. The number of allylic oxidation sites excluding steroid dienone is 8. The van der Waals surface area contributed by atoms with E-state index < -0.39 is 42.6 Å². The van der Waals surface area contributed by atoms with E-state index in [2.05, 4.69) is 27.7 Å². The Kier molecular flexibility index (Phi) is 14.7. The van der Waals surface area contributed by atoms with Crippen LogP contribution in [0.15, 0.2) is 70.4 Å². The number of hydrogen-bond donors (Lipinski definition) is 0. The van der Waals surface area contributed by atoms with E-state index in [-0.39, 0.29) is 42.4 Å². The van der Waals surface area contributed by atoms with Crippen molar-refractivity contribution >= 4 is 48.9 Å². The van der Waals surface area contributed by atoms with E-state index in [0.717, 1.165) is 64.3 Å². The second-order valence-corrected chi connectivity index (χ2v) is 18.3. The van der Waals surface area contributed by atoms with E-state index in [1.54, 1.807) is 28.4 Å². The molecule has 1 aliphatic carbocycles. The van der Waals surface area contributed by atoms with Gasteiger partial charge in [0.25, 0.3) is 0 Å². The van der Waals surface area contributed by atoms with Crippen LogP contribution in [0.1, 0.15) is 70.9 Å². The summed E-state index contributed by atoms with van der Waals surface area (Å²) in [5.74, 6) is 1.25. The summed E-state index contributed by atoms with van der Waals surface area (Å²) in [6.45, 7) is 8.93. The van der Waals surface area contributed by atoms with Crippen molar-refractivity contribution in [2.45, 2.75) is 70.6 Å². The number of methoxy groups -OCH3 is 4. The normalized spacial score (nSPS) is 19.1. The van der Waals surface area contributed by atoms with Gasteiger partial charge in [-0.3, -0.25) is 0 Å². The maximum Gasteiger partial charge on any atom is 1.00 e. The molecule has 300 valence electrons. The molecule has 2 aromatic rings. The molecule has 0 saturated carbocycles. The zero-order valence-electron chi connectivity index (χ0n) is 33.7. The molecule has 0 radical (unpaired) electrons. The second-order valence-electron chi connectivity index (χ2n) is 14.9. The molecule has 2 heterocycles. The number of ether oxygens (including phenoxy) is 4. The molecule has 5 rings (SSSR count). The summed E-state index contributed by atoms with van der Waals surface area (Å²) in [5, 5.41) is 0.626. The topological polar surface area (TPSA) is 158 Å². The van der Waals surface area contributed by atoms with Crippen LogP contribution in [0.5, 0.6) is 23.0 Å². The summed E-state index contributed by atoms with van der Waals surface area (Å²) in [6, 6.07) is 7.62. The number of benzene rings is 2. The SMILES string of the molecule is COc1cc2c(cc1OC)C(C)(C)/C(=C/C=C1\CCCC(/C=C/C3=[N+](CCCS(=O)(=O)[O-])c4cc(OC)c(OC)cc4C3(C)C)=C1Cl)N2CCCS(=O)(=O)[O-].[Na+]. The van der Waals surface area contributed by atoms with Crippen molar-refractivity contribution in [1.29, 1.82) is 0 Å². The largest absolute Gasteiger partial charge is 1.00 e. The Morgan fingerprint density at radius 1 is 0.768 bits per heavy atom. The molecule has 0 aromatic heterocycles. The van der Waals surface area contributed by atoms with Crippen LogP contribution in [0.2, 0.25) is 0 Å². The minimum atomic E-state index is -4.40. The predicted octanol–water partition coefficient (Wildman–Crippen LogP) is 3.81. The molecular formula is C40H50ClN2NaO10S2. The van der Waals surface area contributed by atoms with Gasteiger partial charge in [-0.15, -0.1) is 0 Å². The van der Waals surface area contributed by atoms with Crippen LogP contribution >= 0.6 is 11.6 Å². The number of halogens is 1. The van der Waals surface area contributed by atoms with Gasteiger partial charge in [0.1, 0.15) is 6.54 Å². The first-order chi connectivity index (χ1) is 25.8. The van der Waals surface area contributed by atoms with Crippen molar-refractivity contribution in [1.82, 2.24) is 0 Å². The van der Waals surface area contributed by atoms with Crippen molar-refractivity contribution in [2.24, 2.45) is 0 Å². The Hall–Kier alpha value is -2.82. The van der Waals surface area contributed by atoms with Crippen LogP contribution in [0.25, 0.3) is 0 Å². The number of anilines is 1. The summed E-state index contributed by atoms with van der Waals surface area (Å²) >= 11 is 7.16. The second kappa shape index (κ2) is 18.0. The average Bonchev–Trinajstić information content (AvgIpc) is 3.45. The van der Waals surface area contributed by atoms with Gasteiger partial charge in [-0.05, 0) is 74.4 Å². The van der Waals surface area contributed by atoms with Crippen LogP contribution < -0.4 is 53.4 Å². The van der Waals surface area contributed by atoms with E-state index >= 15 is 0 Å². The third kappa shape index (κ3) is 9.71. The summed E-state index contributed by atoms with van der Waals surface area (Å²) in [4.78, 5) is 2.04. The van der Waals surface area contributed by atoms with E-state index in [9.17, 15) is 25.9 Å². The van der Waals surface area contributed by atoms with Gasteiger partial charge < -0.3 is 33.0 Å². The number of rotatable bonds is 15. The van der Waals surface area contributed by atoms with Crippen molar-refractivity contribution in [3.63, 3.8) is 0 Å².